The molecule has 2 rings (SSSR count). The van der Waals surface area contributed by atoms with Gasteiger partial charge in [0.25, 0.3) is 0 Å². The molecule has 5 nitrogen and oxygen atoms in total. The first-order valence-electron chi connectivity index (χ1n) is 6.26. The first-order valence-corrected chi connectivity index (χ1v) is 6.26. The molecule has 2 heterocycles. The van der Waals surface area contributed by atoms with Gasteiger partial charge in [0.1, 0.15) is 11.2 Å². The van der Waals surface area contributed by atoms with Crippen LogP contribution in [0.5, 0.6) is 0 Å². The zero-order valence-electron chi connectivity index (χ0n) is 11.7. The van der Waals surface area contributed by atoms with Gasteiger partial charge < -0.3 is 14.5 Å². The number of nitrogens with one attached hydrogen (secondary N) is 1. The summed E-state index contributed by atoms with van der Waals surface area (Å²) in [4.78, 5) is 16.1. The van der Waals surface area contributed by atoms with E-state index in [2.05, 4.69) is 10.3 Å². The van der Waals surface area contributed by atoms with Crippen LogP contribution in [0.2, 0.25) is 0 Å². The highest BCUT2D eigenvalue weighted by Gasteiger charge is 2.16. The van der Waals surface area contributed by atoms with Crippen molar-refractivity contribution in [3.8, 4) is 0 Å². The molecule has 0 fully saturated rings. The minimum atomic E-state index is -0.488. The smallest absolute Gasteiger partial charge is 0.407 e. The summed E-state index contributed by atoms with van der Waals surface area (Å²) in [6.45, 7) is 7.85. The molecular formula is C14H19N3O2. The zero-order valence-corrected chi connectivity index (χ0v) is 11.7. The number of aromatic nitrogens is 2. The molecule has 0 atom stereocenters. The molecule has 0 unspecified atom stereocenters. The fourth-order valence-electron chi connectivity index (χ4n) is 1.80. The lowest BCUT2D eigenvalue weighted by atomic mass is 10.2. The fourth-order valence-corrected chi connectivity index (χ4v) is 1.80. The molecule has 1 N–H and O–H groups in total. The second-order valence-corrected chi connectivity index (χ2v) is 5.43. The molecular weight excluding hydrogens is 242 g/mol. The van der Waals surface area contributed by atoms with E-state index in [4.69, 9.17) is 4.74 Å². The van der Waals surface area contributed by atoms with Crippen LogP contribution in [-0.4, -0.2) is 21.1 Å². The van der Waals surface area contributed by atoms with Crippen molar-refractivity contribution < 1.29 is 9.53 Å². The molecule has 0 spiro atoms. The lowest BCUT2D eigenvalue weighted by Gasteiger charge is -2.19. The minimum Gasteiger partial charge on any atom is -0.444 e. The van der Waals surface area contributed by atoms with Gasteiger partial charge in [-0.15, -0.1) is 0 Å². The molecule has 0 saturated carbocycles. The number of imidazole rings is 1. The summed E-state index contributed by atoms with van der Waals surface area (Å²) >= 11 is 0. The quantitative estimate of drug-likeness (QED) is 0.904. The number of alkyl carbamates (subject to hydrolysis) is 1. The van der Waals surface area contributed by atoms with Crippen LogP contribution in [0.4, 0.5) is 4.79 Å². The van der Waals surface area contributed by atoms with Crippen molar-refractivity contribution in [2.24, 2.45) is 0 Å². The Morgan fingerprint density at radius 3 is 2.79 bits per heavy atom. The van der Waals surface area contributed by atoms with Gasteiger partial charge in [0, 0.05) is 11.9 Å². The average molecular weight is 261 g/mol. The summed E-state index contributed by atoms with van der Waals surface area (Å²) < 4.78 is 7.18. The van der Waals surface area contributed by atoms with E-state index in [-0.39, 0.29) is 0 Å². The van der Waals surface area contributed by atoms with Gasteiger partial charge in [-0.05, 0) is 39.8 Å². The topological polar surface area (TPSA) is 55.6 Å². The molecule has 2 aromatic rings. The molecule has 102 valence electrons. The average Bonchev–Trinajstić information content (AvgIpc) is 2.62. The molecule has 0 radical (unpaired) electrons. The Morgan fingerprint density at radius 1 is 1.42 bits per heavy atom. The second kappa shape index (κ2) is 4.91. The Hall–Kier alpha value is -2.04. The third-order valence-corrected chi connectivity index (χ3v) is 2.67. The number of carbonyl (C=O) groups is 1. The van der Waals surface area contributed by atoms with E-state index in [9.17, 15) is 4.79 Å². The van der Waals surface area contributed by atoms with Gasteiger partial charge in [-0.25, -0.2) is 9.78 Å². The van der Waals surface area contributed by atoms with E-state index in [0.29, 0.717) is 6.54 Å². The molecule has 2 aromatic heterocycles. The van der Waals surface area contributed by atoms with Crippen LogP contribution >= 0.6 is 0 Å². The van der Waals surface area contributed by atoms with Crippen LogP contribution in [0.3, 0.4) is 0 Å². The normalized spacial score (nSPS) is 11.6. The molecule has 5 heteroatoms. The van der Waals surface area contributed by atoms with E-state index >= 15 is 0 Å². The maximum atomic E-state index is 11.6. The van der Waals surface area contributed by atoms with Crippen molar-refractivity contribution in [2.75, 3.05) is 0 Å². The van der Waals surface area contributed by atoms with Crippen LogP contribution in [0, 0.1) is 6.92 Å². The highest BCUT2D eigenvalue weighted by Crippen LogP contribution is 2.12. The molecule has 0 aliphatic rings. The molecule has 0 aliphatic carbocycles. The maximum Gasteiger partial charge on any atom is 0.407 e. The van der Waals surface area contributed by atoms with Crippen molar-refractivity contribution in [1.29, 1.82) is 0 Å². The van der Waals surface area contributed by atoms with Crippen molar-refractivity contribution >= 4 is 11.7 Å². The number of hydrogen-bond acceptors (Lipinski definition) is 3. The molecule has 0 bridgehead atoms. The van der Waals surface area contributed by atoms with E-state index in [1.807, 2.05) is 56.5 Å². The van der Waals surface area contributed by atoms with Gasteiger partial charge in [-0.1, -0.05) is 6.07 Å². The molecule has 1 amide bonds. The minimum absolute atomic E-state index is 0.364. The lowest BCUT2D eigenvalue weighted by Crippen LogP contribution is -2.32. The molecule has 0 aliphatic heterocycles. The van der Waals surface area contributed by atoms with Crippen LogP contribution in [-0.2, 0) is 11.3 Å². The summed E-state index contributed by atoms with van der Waals surface area (Å²) in [5.74, 6) is 0. The number of amides is 1. The maximum absolute atomic E-state index is 11.6. The van der Waals surface area contributed by atoms with E-state index in [0.717, 1.165) is 17.0 Å². The largest absolute Gasteiger partial charge is 0.444 e. The number of fused-ring (bicyclic) bond motifs is 1. The third kappa shape index (κ3) is 3.24. The summed E-state index contributed by atoms with van der Waals surface area (Å²) in [6.07, 6.45) is 1.53. The van der Waals surface area contributed by atoms with Gasteiger partial charge in [0.15, 0.2) is 0 Å². The monoisotopic (exact) mass is 261 g/mol. The van der Waals surface area contributed by atoms with Gasteiger partial charge >= 0.3 is 6.09 Å². The summed E-state index contributed by atoms with van der Waals surface area (Å²) in [6, 6.07) is 5.82. The van der Waals surface area contributed by atoms with Crippen molar-refractivity contribution in [3.63, 3.8) is 0 Å². The number of nitrogens with zero attached hydrogens (tertiary/aromatic N) is 2. The molecule has 0 saturated heterocycles. The summed E-state index contributed by atoms with van der Waals surface area (Å²) in [5, 5.41) is 2.72. The first kappa shape index (κ1) is 13.4. The van der Waals surface area contributed by atoms with Gasteiger partial charge in [0.05, 0.1) is 12.2 Å². The number of rotatable bonds is 2. The van der Waals surface area contributed by atoms with Gasteiger partial charge in [0.2, 0.25) is 0 Å². The predicted octanol–water partition coefficient (Wildman–Crippen LogP) is 2.67. The summed E-state index contributed by atoms with van der Waals surface area (Å²) in [7, 11) is 0. The summed E-state index contributed by atoms with van der Waals surface area (Å²) in [5.41, 5.74) is 2.25. The number of hydrogen-bond donors (Lipinski definition) is 1. The Bertz CT molecular complexity index is 596. The zero-order chi connectivity index (χ0) is 14.0. The second-order valence-electron chi connectivity index (χ2n) is 5.43. The van der Waals surface area contributed by atoms with Crippen molar-refractivity contribution in [1.82, 2.24) is 14.7 Å². The van der Waals surface area contributed by atoms with Gasteiger partial charge in [-0.2, -0.15) is 0 Å². The Kier molecular flexibility index (Phi) is 3.46. The molecule has 0 aromatic carbocycles. The standard InChI is InChI=1S/C14H19N3O2/c1-10-11(9-15-13(18)19-14(2,3)4)16-12-7-5-6-8-17(10)12/h5-8H,9H2,1-4H3,(H,15,18). The van der Waals surface area contributed by atoms with Crippen molar-refractivity contribution in [3.05, 3.63) is 35.8 Å². The fraction of sp³-hybridized carbons (Fsp3) is 0.429. The number of aryl methyl sites for hydroxylation is 1. The van der Waals surface area contributed by atoms with Crippen LogP contribution in [0.1, 0.15) is 32.2 Å². The number of ether oxygens (including phenoxy) is 1. The first-order chi connectivity index (χ1) is 8.87. The predicted molar refractivity (Wildman–Crippen MR) is 73.0 cm³/mol. The van der Waals surface area contributed by atoms with Crippen LogP contribution in [0.15, 0.2) is 24.4 Å². The van der Waals surface area contributed by atoms with Crippen LogP contribution in [0.25, 0.3) is 5.65 Å². The van der Waals surface area contributed by atoms with E-state index in [1.54, 1.807) is 0 Å². The highest BCUT2D eigenvalue weighted by atomic mass is 16.6. The number of carbonyl (C=O) groups excluding carboxylic acids is 1. The Labute approximate surface area is 112 Å². The SMILES string of the molecule is Cc1c(CNC(=O)OC(C)(C)C)nc2ccccn12. The Morgan fingerprint density at radius 2 is 2.16 bits per heavy atom. The van der Waals surface area contributed by atoms with Crippen molar-refractivity contribution in [2.45, 2.75) is 39.8 Å². The molecule has 19 heavy (non-hydrogen) atoms. The highest BCUT2D eigenvalue weighted by molar-refractivity contribution is 5.67. The number of pyridine rings is 1. The van der Waals surface area contributed by atoms with Gasteiger partial charge in [-0.3, -0.25) is 0 Å². The van der Waals surface area contributed by atoms with E-state index in [1.165, 1.54) is 0 Å². The van der Waals surface area contributed by atoms with E-state index < -0.39 is 11.7 Å². The lowest BCUT2D eigenvalue weighted by molar-refractivity contribution is 0.0523. The third-order valence-electron chi connectivity index (χ3n) is 2.67. The van der Waals surface area contributed by atoms with Crippen LogP contribution < -0.4 is 5.32 Å². The Balaban J connectivity index is 2.06.